The van der Waals surface area contributed by atoms with Crippen LogP contribution in [-0.2, 0) is 16.1 Å². The second-order valence-electron chi connectivity index (χ2n) is 7.43. The molecule has 3 aliphatic heterocycles. The smallest absolute Gasteiger partial charge is 0.231 e. The van der Waals surface area contributed by atoms with Gasteiger partial charge in [0.25, 0.3) is 0 Å². The Morgan fingerprint density at radius 1 is 0.966 bits per heavy atom. The van der Waals surface area contributed by atoms with Crippen molar-refractivity contribution < 1.29 is 28.5 Å². The molecule has 152 valence electrons. The second kappa shape index (κ2) is 7.83. The average Bonchev–Trinajstić information content (AvgIpc) is 3.45. The van der Waals surface area contributed by atoms with E-state index in [0.717, 1.165) is 17.7 Å². The zero-order chi connectivity index (χ0) is 19.6. The highest BCUT2D eigenvalue weighted by atomic mass is 16.7. The average molecular weight is 397 g/mol. The fraction of sp³-hybridized carbons (Fsp3) is 0.409. The predicted molar refractivity (Wildman–Crippen MR) is 103 cm³/mol. The van der Waals surface area contributed by atoms with Crippen molar-refractivity contribution in [3.63, 3.8) is 0 Å². The topological polar surface area (TPSA) is 66.5 Å². The number of carbonyl (C=O) groups is 1. The van der Waals surface area contributed by atoms with Gasteiger partial charge >= 0.3 is 0 Å². The molecule has 2 aromatic carbocycles. The van der Waals surface area contributed by atoms with Crippen LogP contribution >= 0.6 is 0 Å². The summed E-state index contributed by atoms with van der Waals surface area (Å²) in [6, 6.07) is 13.3. The minimum atomic E-state index is -0.245. The maximum absolute atomic E-state index is 13.2. The number of hydrogen-bond acceptors (Lipinski definition) is 6. The Labute approximate surface area is 169 Å². The summed E-state index contributed by atoms with van der Waals surface area (Å²) < 4.78 is 28.5. The third kappa shape index (κ3) is 3.70. The Balaban J connectivity index is 1.36. The molecule has 2 atom stereocenters. The predicted octanol–water partition coefficient (Wildman–Crippen LogP) is 2.62. The highest BCUT2D eigenvalue weighted by Crippen LogP contribution is 2.37. The van der Waals surface area contributed by atoms with Crippen LogP contribution in [0.3, 0.4) is 0 Å². The molecule has 0 aliphatic carbocycles. The number of carbonyl (C=O) groups excluding carboxylic acids is 1. The van der Waals surface area contributed by atoms with E-state index in [1.54, 1.807) is 0 Å². The number of benzene rings is 2. The number of rotatable bonds is 5. The normalized spacial score (nSPS) is 21.8. The summed E-state index contributed by atoms with van der Waals surface area (Å²) in [4.78, 5) is 15.1. The molecule has 0 radical (unpaired) electrons. The van der Waals surface area contributed by atoms with Gasteiger partial charge in [0.05, 0.1) is 19.1 Å². The molecule has 7 heteroatoms. The molecule has 0 aromatic heterocycles. The number of hydrogen-bond donors (Lipinski definition) is 0. The van der Waals surface area contributed by atoms with Gasteiger partial charge in [-0.1, -0.05) is 24.3 Å². The van der Waals surface area contributed by atoms with E-state index in [1.807, 2.05) is 47.4 Å². The van der Waals surface area contributed by atoms with Gasteiger partial charge < -0.3 is 28.6 Å². The van der Waals surface area contributed by atoms with Crippen LogP contribution in [0.2, 0.25) is 0 Å². The zero-order valence-corrected chi connectivity index (χ0v) is 16.0. The standard InChI is InChI=1S/C22H23NO6/c24-22(16-8-9-25-12-16)23(10-15-4-3-7-20-21(15)28-14-27-20)11-17-13-26-18-5-1-2-6-19(18)29-17/h1-7,16-17H,8-14H2/t16-,17+/m1/s1. The van der Waals surface area contributed by atoms with Crippen molar-refractivity contribution in [2.45, 2.75) is 19.1 Å². The van der Waals surface area contributed by atoms with Crippen LogP contribution < -0.4 is 18.9 Å². The van der Waals surface area contributed by atoms with Gasteiger partial charge in [-0.2, -0.15) is 0 Å². The summed E-state index contributed by atoms with van der Waals surface area (Å²) in [5.41, 5.74) is 0.921. The van der Waals surface area contributed by atoms with Crippen molar-refractivity contribution in [3.05, 3.63) is 48.0 Å². The van der Waals surface area contributed by atoms with Crippen molar-refractivity contribution in [3.8, 4) is 23.0 Å². The highest BCUT2D eigenvalue weighted by molar-refractivity contribution is 5.79. The van der Waals surface area contributed by atoms with Crippen LogP contribution in [-0.4, -0.2) is 50.1 Å². The van der Waals surface area contributed by atoms with Crippen molar-refractivity contribution in [1.82, 2.24) is 4.90 Å². The number of nitrogens with zero attached hydrogens (tertiary/aromatic N) is 1. The third-order valence-corrected chi connectivity index (χ3v) is 5.42. The molecule has 0 N–H and O–H groups in total. The van der Waals surface area contributed by atoms with Gasteiger partial charge in [-0.05, 0) is 24.6 Å². The number of ether oxygens (including phenoxy) is 5. The Morgan fingerprint density at radius 3 is 2.69 bits per heavy atom. The maximum atomic E-state index is 13.2. The lowest BCUT2D eigenvalue weighted by Crippen LogP contribution is -2.45. The van der Waals surface area contributed by atoms with E-state index in [1.165, 1.54) is 0 Å². The molecule has 1 saturated heterocycles. The van der Waals surface area contributed by atoms with Crippen LogP contribution in [0.15, 0.2) is 42.5 Å². The minimum absolute atomic E-state index is 0.0708. The summed E-state index contributed by atoms with van der Waals surface area (Å²) in [5.74, 6) is 2.81. The lowest BCUT2D eigenvalue weighted by molar-refractivity contribution is -0.137. The Morgan fingerprint density at radius 2 is 1.83 bits per heavy atom. The molecule has 0 unspecified atom stereocenters. The number of para-hydroxylation sites is 3. The lowest BCUT2D eigenvalue weighted by Gasteiger charge is -2.32. The first-order chi connectivity index (χ1) is 14.3. The largest absolute Gasteiger partial charge is 0.486 e. The SMILES string of the molecule is O=C([C@@H]1CCOC1)N(Cc1cccc2c1OCO2)C[C@H]1COc2ccccc2O1. The molecule has 3 aliphatic rings. The molecule has 0 bridgehead atoms. The molecule has 0 saturated carbocycles. The Hall–Kier alpha value is -2.93. The molecular weight excluding hydrogens is 374 g/mol. The van der Waals surface area contributed by atoms with Crippen LogP contribution in [0.4, 0.5) is 0 Å². The maximum Gasteiger partial charge on any atom is 0.231 e. The highest BCUT2D eigenvalue weighted by Gasteiger charge is 2.32. The minimum Gasteiger partial charge on any atom is -0.486 e. The number of amides is 1. The van der Waals surface area contributed by atoms with E-state index in [4.69, 9.17) is 23.7 Å². The van der Waals surface area contributed by atoms with Gasteiger partial charge in [-0.15, -0.1) is 0 Å². The van der Waals surface area contributed by atoms with Crippen molar-refractivity contribution in [2.75, 3.05) is 33.2 Å². The molecule has 1 fully saturated rings. The molecular formula is C22H23NO6. The van der Waals surface area contributed by atoms with E-state index in [0.29, 0.717) is 50.2 Å². The van der Waals surface area contributed by atoms with Gasteiger partial charge in [0.2, 0.25) is 12.7 Å². The summed E-state index contributed by atoms with van der Waals surface area (Å²) in [5, 5.41) is 0. The Kier molecular flexibility index (Phi) is 4.89. The van der Waals surface area contributed by atoms with Crippen molar-refractivity contribution >= 4 is 5.91 Å². The zero-order valence-electron chi connectivity index (χ0n) is 16.0. The fourth-order valence-electron chi connectivity index (χ4n) is 3.94. The second-order valence-corrected chi connectivity index (χ2v) is 7.43. The van der Waals surface area contributed by atoms with Crippen LogP contribution in [0, 0.1) is 5.92 Å². The van der Waals surface area contributed by atoms with Crippen molar-refractivity contribution in [1.29, 1.82) is 0 Å². The van der Waals surface area contributed by atoms with Gasteiger partial charge in [0.15, 0.2) is 29.1 Å². The van der Waals surface area contributed by atoms with Gasteiger partial charge in [-0.3, -0.25) is 4.79 Å². The van der Waals surface area contributed by atoms with E-state index in [2.05, 4.69) is 0 Å². The first-order valence-corrected chi connectivity index (χ1v) is 9.90. The monoisotopic (exact) mass is 397 g/mol. The van der Waals surface area contributed by atoms with E-state index >= 15 is 0 Å². The summed E-state index contributed by atoms with van der Waals surface area (Å²) >= 11 is 0. The summed E-state index contributed by atoms with van der Waals surface area (Å²) in [6.45, 7) is 2.53. The molecule has 5 rings (SSSR count). The first kappa shape index (κ1) is 18.1. The van der Waals surface area contributed by atoms with Gasteiger partial charge in [0, 0.05) is 18.7 Å². The quantitative estimate of drug-likeness (QED) is 0.773. The van der Waals surface area contributed by atoms with E-state index in [9.17, 15) is 4.79 Å². The molecule has 7 nitrogen and oxygen atoms in total. The molecule has 0 spiro atoms. The molecule has 29 heavy (non-hydrogen) atoms. The molecule has 3 heterocycles. The summed E-state index contributed by atoms with van der Waals surface area (Å²) in [7, 11) is 0. The van der Waals surface area contributed by atoms with E-state index in [-0.39, 0.29) is 24.7 Å². The van der Waals surface area contributed by atoms with Gasteiger partial charge in [-0.25, -0.2) is 0 Å². The Bertz CT molecular complexity index is 895. The van der Waals surface area contributed by atoms with Crippen LogP contribution in [0.25, 0.3) is 0 Å². The first-order valence-electron chi connectivity index (χ1n) is 9.90. The molecule has 1 amide bonds. The lowest BCUT2D eigenvalue weighted by atomic mass is 10.1. The van der Waals surface area contributed by atoms with Gasteiger partial charge in [0.1, 0.15) is 6.61 Å². The van der Waals surface area contributed by atoms with Crippen LogP contribution in [0.5, 0.6) is 23.0 Å². The number of fused-ring (bicyclic) bond motifs is 2. The van der Waals surface area contributed by atoms with E-state index < -0.39 is 0 Å². The third-order valence-electron chi connectivity index (χ3n) is 5.42. The molecule has 2 aromatic rings. The van der Waals surface area contributed by atoms with Crippen molar-refractivity contribution in [2.24, 2.45) is 5.92 Å². The summed E-state index contributed by atoms with van der Waals surface area (Å²) in [6.07, 6.45) is 0.497. The van der Waals surface area contributed by atoms with Crippen LogP contribution in [0.1, 0.15) is 12.0 Å². The fourth-order valence-corrected chi connectivity index (χ4v) is 3.94.